The van der Waals surface area contributed by atoms with Crippen LogP contribution < -0.4 is 22.5 Å². The molecule has 2 aliphatic rings. The first-order valence-corrected chi connectivity index (χ1v) is 11.8. The van der Waals surface area contributed by atoms with Crippen molar-refractivity contribution in [2.75, 3.05) is 18.9 Å². The molecule has 39 heavy (non-hydrogen) atoms. The zero-order valence-electron chi connectivity index (χ0n) is 20.4. The fourth-order valence-electron chi connectivity index (χ4n) is 4.65. The number of rotatable bonds is 9. The molecule has 19 heteroatoms. The molecule has 8 atom stereocenters. The molecule has 2 aromatic heterocycles. The molecule has 8 unspecified atom stereocenters. The average molecular weight is 555 g/mol. The summed E-state index contributed by atoms with van der Waals surface area (Å²) >= 11 is 0. The second kappa shape index (κ2) is 10.8. The minimum Gasteiger partial charge on any atom is -0.480 e. The van der Waals surface area contributed by atoms with Gasteiger partial charge in [0, 0.05) is 6.54 Å². The topological polar surface area (TPSA) is 315 Å². The molecule has 4 rings (SSSR count). The Hall–Kier alpha value is -3.72. The van der Waals surface area contributed by atoms with Gasteiger partial charge < -0.3 is 52.4 Å². The molecule has 0 saturated carbocycles. The van der Waals surface area contributed by atoms with Crippen LogP contribution in [0.25, 0.3) is 11.2 Å². The number of fused-ring (bicyclic) bond motifs is 2. The van der Waals surface area contributed by atoms with E-state index in [9.17, 15) is 35.2 Å². The highest BCUT2D eigenvalue weighted by atomic mass is 16.6. The molecule has 2 aromatic rings. The summed E-state index contributed by atoms with van der Waals surface area (Å²) in [6.45, 7) is -0.518. The number of carbonyl (C=O) groups is 2. The van der Waals surface area contributed by atoms with E-state index in [0.29, 0.717) is 5.06 Å². The van der Waals surface area contributed by atoms with E-state index < -0.39 is 72.8 Å². The van der Waals surface area contributed by atoms with Gasteiger partial charge in [-0.3, -0.25) is 20.0 Å². The van der Waals surface area contributed by atoms with Crippen LogP contribution in [0, 0.1) is 5.41 Å². The lowest BCUT2D eigenvalue weighted by atomic mass is 9.79. The number of nitrogens with zero attached hydrogens (tertiary/aromatic N) is 5. The SMILES string of the molecule is N=C(N)N(O)CCCC(N)C(=O)NC(C(=O)O)C1OC(n2cnc3cnc(N)nc32)C2OCC(O)C2(O)C1O. The van der Waals surface area contributed by atoms with Gasteiger partial charge in [0.05, 0.1) is 25.2 Å². The van der Waals surface area contributed by atoms with Crippen LogP contribution in [0.5, 0.6) is 0 Å². The number of ether oxygens (including phenoxy) is 2. The summed E-state index contributed by atoms with van der Waals surface area (Å²) in [5, 5.41) is 62.2. The van der Waals surface area contributed by atoms with Crippen molar-refractivity contribution in [3.63, 3.8) is 0 Å². The number of nitrogens with one attached hydrogen (secondary N) is 2. The van der Waals surface area contributed by atoms with Gasteiger partial charge >= 0.3 is 5.97 Å². The first kappa shape index (κ1) is 28.3. The number of hydroxylamine groups is 2. The molecular weight excluding hydrogens is 524 g/mol. The molecule has 2 aliphatic heterocycles. The smallest absolute Gasteiger partial charge is 0.329 e. The molecule has 1 amide bonds. The number of carboxylic acids is 1. The quantitative estimate of drug-likeness (QED) is 0.0791. The number of aliphatic carboxylic acids is 1. The van der Waals surface area contributed by atoms with Gasteiger partial charge in [0.25, 0.3) is 0 Å². The highest BCUT2D eigenvalue weighted by molar-refractivity contribution is 5.87. The van der Waals surface area contributed by atoms with Crippen molar-refractivity contribution in [3.8, 4) is 0 Å². The monoisotopic (exact) mass is 554 g/mol. The van der Waals surface area contributed by atoms with Gasteiger partial charge in [-0.1, -0.05) is 0 Å². The Balaban J connectivity index is 1.60. The van der Waals surface area contributed by atoms with Gasteiger partial charge in [-0.15, -0.1) is 0 Å². The maximum absolute atomic E-state index is 12.7. The van der Waals surface area contributed by atoms with Crippen LogP contribution in [-0.4, -0.2) is 123 Å². The van der Waals surface area contributed by atoms with Crippen molar-refractivity contribution >= 4 is 34.9 Å². The normalized spacial score (nSPS) is 29.9. The summed E-state index contributed by atoms with van der Waals surface area (Å²) in [4.78, 5) is 37.1. The minimum atomic E-state index is -2.42. The van der Waals surface area contributed by atoms with E-state index in [2.05, 4.69) is 20.3 Å². The number of anilines is 1. The summed E-state index contributed by atoms with van der Waals surface area (Å²) < 4.78 is 12.7. The largest absolute Gasteiger partial charge is 0.480 e. The lowest BCUT2D eigenvalue weighted by Gasteiger charge is -2.48. The van der Waals surface area contributed by atoms with E-state index in [1.54, 1.807) is 0 Å². The van der Waals surface area contributed by atoms with Crippen LogP contribution in [-0.2, 0) is 19.1 Å². The molecule has 4 heterocycles. The van der Waals surface area contributed by atoms with Gasteiger partial charge in [-0.2, -0.15) is 4.98 Å². The third-order valence-corrected chi connectivity index (χ3v) is 6.76. The Bertz CT molecular complexity index is 1250. The maximum atomic E-state index is 12.7. The molecule has 13 N–H and O–H groups in total. The predicted octanol–water partition coefficient (Wildman–Crippen LogP) is -4.58. The van der Waals surface area contributed by atoms with Crippen molar-refractivity contribution in [2.24, 2.45) is 11.5 Å². The first-order valence-electron chi connectivity index (χ1n) is 11.8. The Kier molecular flexibility index (Phi) is 7.84. The molecular formula is C20H30N10O9. The molecule has 2 saturated heterocycles. The minimum absolute atomic E-state index is 0.0278. The molecule has 0 bridgehead atoms. The number of amides is 1. The predicted molar refractivity (Wildman–Crippen MR) is 128 cm³/mol. The summed E-state index contributed by atoms with van der Waals surface area (Å²) in [5.74, 6) is -3.29. The van der Waals surface area contributed by atoms with Crippen molar-refractivity contribution in [2.45, 2.75) is 61.2 Å². The van der Waals surface area contributed by atoms with Crippen molar-refractivity contribution in [1.82, 2.24) is 29.9 Å². The van der Waals surface area contributed by atoms with E-state index in [-0.39, 0.29) is 36.5 Å². The second-order valence-electron chi connectivity index (χ2n) is 9.26. The van der Waals surface area contributed by atoms with Crippen LogP contribution in [0.2, 0.25) is 0 Å². The van der Waals surface area contributed by atoms with Crippen LogP contribution in [0.1, 0.15) is 19.1 Å². The number of aromatic nitrogens is 4. The van der Waals surface area contributed by atoms with Crippen LogP contribution in [0.3, 0.4) is 0 Å². The van der Waals surface area contributed by atoms with Crippen LogP contribution in [0.15, 0.2) is 12.5 Å². The number of nitrogens with two attached hydrogens (primary N) is 3. The number of hydrogen-bond acceptors (Lipinski definition) is 14. The Morgan fingerprint density at radius 2 is 2.08 bits per heavy atom. The summed E-state index contributed by atoms with van der Waals surface area (Å²) in [6, 6.07) is -3.20. The first-order chi connectivity index (χ1) is 18.4. The fourth-order valence-corrected chi connectivity index (χ4v) is 4.65. The Morgan fingerprint density at radius 1 is 1.36 bits per heavy atom. The third kappa shape index (κ3) is 5.15. The summed E-state index contributed by atoms with van der Waals surface area (Å²) in [7, 11) is 0. The average Bonchev–Trinajstić information content (AvgIpc) is 3.43. The lowest BCUT2D eigenvalue weighted by Crippen LogP contribution is -2.71. The molecule has 0 aromatic carbocycles. The number of guanidine groups is 1. The van der Waals surface area contributed by atoms with Gasteiger partial charge in [-0.25, -0.2) is 19.8 Å². The zero-order valence-corrected chi connectivity index (χ0v) is 20.4. The van der Waals surface area contributed by atoms with Crippen molar-refractivity contribution < 1.29 is 44.7 Å². The number of carboxylic acid groups (broad SMARTS) is 1. The van der Waals surface area contributed by atoms with Gasteiger partial charge in [-0.05, 0) is 12.8 Å². The fraction of sp³-hybridized carbons (Fsp3) is 0.600. The van der Waals surface area contributed by atoms with E-state index in [4.69, 9.17) is 32.1 Å². The number of aliphatic hydroxyl groups excluding tert-OH is 2. The molecule has 2 fully saturated rings. The standard InChI is InChI=1S/C20H30N10O9/c21-7(2-1-3-30(37)18(22)23)15(33)27-10(17(34)35)11-12(32)20(36)9(31)5-38-13(20)16(39-11)29-6-26-8-4-25-19(24)28-14(8)29/h4,6-7,9-13,16,31-32,36-37H,1-3,5,21H2,(H3,22,23)(H,27,33)(H,34,35)(H2,24,25,28). The number of carbonyl (C=O) groups excluding carboxylic acids is 1. The van der Waals surface area contributed by atoms with E-state index in [1.807, 2.05) is 0 Å². The summed E-state index contributed by atoms with van der Waals surface area (Å²) in [5.41, 5.74) is 14.7. The highest BCUT2D eigenvalue weighted by Crippen LogP contribution is 2.44. The number of imidazole rings is 1. The second-order valence-corrected chi connectivity index (χ2v) is 9.26. The molecule has 0 spiro atoms. The molecule has 0 radical (unpaired) electrons. The van der Waals surface area contributed by atoms with E-state index in [1.165, 1.54) is 17.1 Å². The Labute approximate surface area is 219 Å². The zero-order chi connectivity index (χ0) is 28.6. The Morgan fingerprint density at radius 3 is 2.74 bits per heavy atom. The molecule has 214 valence electrons. The van der Waals surface area contributed by atoms with Crippen molar-refractivity contribution in [1.29, 1.82) is 5.41 Å². The highest BCUT2D eigenvalue weighted by Gasteiger charge is 2.65. The van der Waals surface area contributed by atoms with Gasteiger partial charge in [0.15, 0.2) is 23.5 Å². The van der Waals surface area contributed by atoms with Crippen molar-refractivity contribution in [3.05, 3.63) is 12.5 Å². The van der Waals surface area contributed by atoms with E-state index >= 15 is 0 Å². The van der Waals surface area contributed by atoms with E-state index in [0.717, 1.165) is 0 Å². The molecule has 0 aliphatic carbocycles. The lowest BCUT2D eigenvalue weighted by molar-refractivity contribution is -0.286. The van der Waals surface area contributed by atoms with Gasteiger partial charge in [0.1, 0.15) is 29.9 Å². The number of hydrogen-bond donors (Lipinski definition) is 10. The number of aliphatic hydroxyl groups is 3. The molecule has 19 nitrogen and oxygen atoms in total. The summed E-state index contributed by atoms with van der Waals surface area (Å²) in [6.07, 6.45) is -5.61. The third-order valence-electron chi connectivity index (χ3n) is 6.76. The van der Waals surface area contributed by atoms with Crippen LogP contribution >= 0.6 is 0 Å². The maximum Gasteiger partial charge on any atom is 0.329 e. The number of nitrogen functional groups attached to an aromatic ring is 1. The van der Waals surface area contributed by atoms with Gasteiger partial charge in [0.2, 0.25) is 17.8 Å². The van der Waals surface area contributed by atoms with Crippen LogP contribution in [0.4, 0.5) is 5.95 Å².